The van der Waals surface area contributed by atoms with Crippen molar-refractivity contribution in [1.82, 2.24) is 19.4 Å². The first-order chi connectivity index (χ1) is 12.9. The maximum atomic E-state index is 13.1. The molecule has 0 bridgehead atoms. The molecule has 0 unspecified atom stereocenters. The molecule has 0 radical (unpaired) electrons. The zero-order chi connectivity index (χ0) is 19.4. The van der Waals surface area contributed by atoms with E-state index in [0.717, 1.165) is 18.4 Å². The number of aryl methyl sites for hydroxylation is 1. The van der Waals surface area contributed by atoms with E-state index in [1.807, 2.05) is 37.3 Å². The SMILES string of the molecule is CCn1cc(C(=O)NCc2ccccc2)c(S(=O)(=O)N2CCC(C)CC2)n1. The summed E-state index contributed by atoms with van der Waals surface area (Å²) in [6.07, 6.45) is 3.16. The van der Waals surface area contributed by atoms with Crippen LogP contribution in [-0.4, -0.2) is 41.5 Å². The fourth-order valence-electron chi connectivity index (χ4n) is 3.13. The lowest BCUT2D eigenvalue weighted by Crippen LogP contribution is -2.39. The van der Waals surface area contributed by atoms with Gasteiger partial charge in [0, 0.05) is 32.4 Å². The van der Waals surface area contributed by atoms with Crippen molar-refractivity contribution in [2.75, 3.05) is 13.1 Å². The van der Waals surface area contributed by atoms with E-state index in [-0.39, 0.29) is 10.6 Å². The molecule has 146 valence electrons. The summed E-state index contributed by atoms with van der Waals surface area (Å²) in [6.45, 7) is 5.74. The third-order valence-electron chi connectivity index (χ3n) is 4.92. The summed E-state index contributed by atoms with van der Waals surface area (Å²) in [4.78, 5) is 12.7. The molecule has 7 nitrogen and oxygen atoms in total. The number of hydrogen-bond acceptors (Lipinski definition) is 4. The number of aromatic nitrogens is 2. The van der Waals surface area contributed by atoms with Crippen molar-refractivity contribution in [2.24, 2.45) is 5.92 Å². The standard InChI is InChI=1S/C19H26N4O3S/c1-3-22-14-17(18(24)20-13-16-7-5-4-6-8-16)19(21-22)27(25,26)23-11-9-15(2)10-12-23/h4-8,14-15H,3,9-13H2,1-2H3,(H,20,24). The number of nitrogens with zero attached hydrogens (tertiary/aromatic N) is 3. The molecule has 1 aromatic heterocycles. The van der Waals surface area contributed by atoms with Gasteiger partial charge < -0.3 is 5.32 Å². The lowest BCUT2D eigenvalue weighted by Gasteiger charge is -2.28. The Morgan fingerprint density at radius 3 is 2.52 bits per heavy atom. The van der Waals surface area contributed by atoms with E-state index >= 15 is 0 Å². The molecule has 0 saturated carbocycles. The van der Waals surface area contributed by atoms with Gasteiger partial charge in [-0.25, -0.2) is 8.42 Å². The summed E-state index contributed by atoms with van der Waals surface area (Å²) in [5.41, 5.74) is 1.05. The van der Waals surface area contributed by atoms with Gasteiger partial charge in [-0.1, -0.05) is 37.3 Å². The Hall–Kier alpha value is -2.19. The van der Waals surface area contributed by atoms with E-state index in [2.05, 4.69) is 17.3 Å². The Morgan fingerprint density at radius 1 is 1.22 bits per heavy atom. The smallest absolute Gasteiger partial charge is 0.263 e. The van der Waals surface area contributed by atoms with Gasteiger partial charge in [-0.15, -0.1) is 0 Å². The number of carbonyl (C=O) groups is 1. The number of piperidine rings is 1. The van der Waals surface area contributed by atoms with Gasteiger partial charge in [-0.05, 0) is 31.2 Å². The second-order valence-electron chi connectivity index (χ2n) is 6.96. The molecule has 1 aromatic carbocycles. The lowest BCUT2D eigenvalue weighted by atomic mass is 10.0. The molecule has 1 fully saturated rings. The monoisotopic (exact) mass is 390 g/mol. The highest BCUT2D eigenvalue weighted by Crippen LogP contribution is 2.25. The van der Waals surface area contributed by atoms with Crippen LogP contribution in [-0.2, 0) is 23.1 Å². The predicted molar refractivity (Wildman–Crippen MR) is 103 cm³/mol. The Balaban J connectivity index is 1.83. The molecule has 0 spiro atoms. The number of carbonyl (C=O) groups excluding carboxylic acids is 1. The number of sulfonamides is 1. The van der Waals surface area contributed by atoms with Crippen LogP contribution < -0.4 is 5.32 Å². The molecule has 2 aromatic rings. The summed E-state index contributed by atoms with van der Waals surface area (Å²) in [5, 5.41) is 6.85. The number of nitrogens with one attached hydrogen (secondary N) is 1. The molecule has 0 atom stereocenters. The van der Waals surface area contributed by atoms with Crippen LogP contribution in [0, 0.1) is 5.92 Å². The highest BCUT2D eigenvalue weighted by molar-refractivity contribution is 7.89. The van der Waals surface area contributed by atoms with Crippen molar-refractivity contribution in [3.8, 4) is 0 Å². The molecule has 1 amide bonds. The fourth-order valence-corrected chi connectivity index (χ4v) is 4.70. The largest absolute Gasteiger partial charge is 0.348 e. The molecule has 3 rings (SSSR count). The second-order valence-corrected chi connectivity index (χ2v) is 8.81. The van der Waals surface area contributed by atoms with Crippen molar-refractivity contribution in [2.45, 2.75) is 44.8 Å². The number of amides is 1. The Labute approximate surface area is 160 Å². The normalized spacial score (nSPS) is 16.4. The molecular formula is C19H26N4O3S. The molecular weight excluding hydrogens is 364 g/mol. The van der Waals surface area contributed by atoms with Gasteiger partial charge in [-0.3, -0.25) is 9.48 Å². The summed E-state index contributed by atoms with van der Waals surface area (Å²) in [7, 11) is -3.79. The number of hydrogen-bond donors (Lipinski definition) is 1. The maximum Gasteiger partial charge on any atom is 0.263 e. The average molecular weight is 391 g/mol. The van der Waals surface area contributed by atoms with Crippen LogP contribution >= 0.6 is 0 Å². The zero-order valence-electron chi connectivity index (χ0n) is 15.8. The van der Waals surface area contributed by atoms with Gasteiger partial charge in [0.2, 0.25) is 5.03 Å². The maximum absolute atomic E-state index is 13.1. The third kappa shape index (κ3) is 4.39. The highest BCUT2D eigenvalue weighted by Gasteiger charge is 2.34. The van der Waals surface area contributed by atoms with Crippen molar-refractivity contribution in [3.05, 3.63) is 47.7 Å². The van der Waals surface area contributed by atoms with E-state index < -0.39 is 15.9 Å². The van der Waals surface area contributed by atoms with Crippen molar-refractivity contribution in [1.29, 1.82) is 0 Å². The van der Waals surface area contributed by atoms with Crippen molar-refractivity contribution in [3.63, 3.8) is 0 Å². The minimum absolute atomic E-state index is 0.103. The van der Waals surface area contributed by atoms with E-state index in [1.54, 1.807) is 0 Å². The molecule has 0 aliphatic carbocycles. The van der Waals surface area contributed by atoms with Crippen molar-refractivity contribution < 1.29 is 13.2 Å². The van der Waals surface area contributed by atoms with Gasteiger partial charge >= 0.3 is 0 Å². The van der Waals surface area contributed by atoms with Crippen LogP contribution in [0.3, 0.4) is 0 Å². The van der Waals surface area contributed by atoms with E-state index in [4.69, 9.17) is 0 Å². The Kier molecular flexibility index (Phi) is 5.96. The van der Waals surface area contributed by atoms with Gasteiger partial charge in [0.25, 0.3) is 15.9 Å². The summed E-state index contributed by atoms with van der Waals surface area (Å²) < 4.78 is 29.1. The predicted octanol–water partition coefficient (Wildman–Crippen LogP) is 2.25. The van der Waals surface area contributed by atoms with Crippen LogP contribution in [0.15, 0.2) is 41.6 Å². The molecule has 27 heavy (non-hydrogen) atoms. The van der Waals surface area contributed by atoms with Crippen LogP contribution in [0.2, 0.25) is 0 Å². The summed E-state index contributed by atoms with van der Waals surface area (Å²) >= 11 is 0. The third-order valence-corrected chi connectivity index (χ3v) is 6.75. The van der Waals surface area contributed by atoms with Gasteiger partial charge in [0.05, 0.1) is 5.56 Å². The Bertz CT molecular complexity index is 885. The minimum Gasteiger partial charge on any atom is -0.348 e. The molecule has 2 heterocycles. The van der Waals surface area contributed by atoms with Crippen LogP contribution in [0.25, 0.3) is 0 Å². The fraction of sp³-hybridized carbons (Fsp3) is 0.474. The molecule has 1 saturated heterocycles. The highest BCUT2D eigenvalue weighted by atomic mass is 32.2. The van der Waals surface area contributed by atoms with Crippen LogP contribution in [0.4, 0.5) is 0 Å². The minimum atomic E-state index is -3.79. The zero-order valence-corrected chi connectivity index (χ0v) is 16.6. The molecule has 1 aliphatic heterocycles. The quantitative estimate of drug-likeness (QED) is 0.820. The average Bonchev–Trinajstić information content (AvgIpc) is 3.13. The molecule has 1 N–H and O–H groups in total. The lowest BCUT2D eigenvalue weighted by molar-refractivity contribution is 0.0947. The van der Waals surface area contributed by atoms with Crippen molar-refractivity contribution >= 4 is 15.9 Å². The molecule has 8 heteroatoms. The molecule has 1 aliphatic rings. The van der Waals surface area contributed by atoms with E-state index in [0.29, 0.717) is 32.1 Å². The van der Waals surface area contributed by atoms with Gasteiger partial charge in [0.1, 0.15) is 0 Å². The number of benzene rings is 1. The topological polar surface area (TPSA) is 84.3 Å². The van der Waals surface area contributed by atoms with E-state index in [1.165, 1.54) is 15.2 Å². The number of rotatable bonds is 6. The first kappa shape index (κ1) is 19.6. The first-order valence-electron chi connectivity index (χ1n) is 9.31. The van der Waals surface area contributed by atoms with Gasteiger partial charge in [-0.2, -0.15) is 9.40 Å². The summed E-state index contributed by atoms with van der Waals surface area (Å²) in [5.74, 6) is 0.0841. The second kappa shape index (κ2) is 8.22. The van der Waals surface area contributed by atoms with Gasteiger partial charge in [0.15, 0.2) is 0 Å². The first-order valence-corrected chi connectivity index (χ1v) is 10.8. The summed E-state index contributed by atoms with van der Waals surface area (Å²) in [6, 6.07) is 9.50. The van der Waals surface area contributed by atoms with Crippen LogP contribution in [0.5, 0.6) is 0 Å². The van der Waals surface area contributed by atoms with Crippen LogP contribution in [0.1, 0.15) is 42.6 Å². The van der Waals surface area contributed by atoms with E-state index in [9.17, 15) is 13.2 Å². The Morgan fingerprint density at radius 2 is 1.89 bits per heavy atom.